The molecule has 1 aliphatic heterocycles. The predicted octanol–water partition coefficient (Wildman–Crippen LogP) is 5.87. The van der Waals surface area contributed by atoms with E-state index in [0.29, 0.717) is 6.04 Å². The van der Waals surface area contributed by atoms with Gasteiger partial charge >= 0.3 is 0 Å². The van der Waals surface area contributed by atoms with Crippen molar-refractivity contribution in [2.75, 3.05) is 31.1 Å². The summed E-state index contributed by atoms with van der Waals surface area (Å²) in [6, 6.07) is 19.4. The molecule has 0 amide bonds. The van der Waals surface area contributed by atoms with E-state index in [1.807, 2.05) is 12.1 Å². The third kappa shape index (κ3) is 3.87. The highest BCUT2D eigenvalue weighted by Crippen LogP contribution is 2.33. The first-order valence-corrected chi connectivity index (χ1v) is 10.7. The van der Waals surface area contributed by atoms with Crippen molar-refractivity contribution in [3.63, 3.8) is 0 Å². The number of nitrogens with zero attached hydrogens (tertiary/aromatic N) is 3. The number of hydrogen-bond donors (Lipinski definition) is 0. The molecular weight excluding hydrogens is 366 g/mol. The van der Waals surface area contributed by atoms with Gasteiger partial charge in [0, 0.05) is 40.8 Å². The van der Waals surface area contributed by atoms with Gasteiger partial charge in [-0.1, -0.05) is 55.8 Å². The Morgan fingerprint density at radius 1 is 1.00 bits per heavy atom. The molecule has 0 spiro atoms. The Morgan fingerprint density at radius 3 is 2.36 bits per heavy atom. The van der Waals surface area contributed by atoms with Gasteiger partial charge in [-0.2, -0.15) is 0 Å². The summed E-state index contributed by atoms with van der Waals surface area (Å²) in [7, 11) is 0. The average Bonchev–Trinajstić information content (AvgIpc) is 2.75. The molecule has 0 bridgehead atoms. The van der Waals surface area contributed by atoms with E-state index in [1.54, 1.807) is 0 Å². The summed E-state index contributed by atoms with van der Waals surface area (Å²) >= 11 is 6.08. The standard InChI is InChI=1S/C24H28ClN3/c1-3-27(4-2)20-13-15-28(16-14-20)24-17-23(18-9-11-19(25)12-10-18)26-22-8-6-5-7-21(22)24/h5-12,17,20H,3-4,13-16H2,1-2H3. The minimum Gasteiger partial charge on any atom is -0.371 e. The van der Waals surface area contributed by atoms with Crippen LogP contribution in [-0.2, 0) is 0 Å². The Morgan fingerprint density at radius 2 is 1.68 bits per heavy atom. The molecule has 2 aromatic carbocycles. The van der Waals surface area contributed by atoms with Crippen LogP contribution in [-0.4, -0.2) is 42.1 Å². The second kappa shape index (κ2) is 8.50. The number of benzene rings is 2. The van der Waals surface area contributed by atoms with Crippen molar-refractivity contribution in [1.29, 1.82) is 0 Å². The number of halogens is 1. The van der Waals surface area contributed by atoms with E-state index in [2.05, 4.69) is 66.1 Å². The fraction of sp³-hybridized carbons (Fsp3) is 0.375. The molecule has 3 aromatic rings. The molecule has 28 heavy (non-hydrogen) atoms. The number of anilines is 1. The molecule has 0 radical (unpaired) electrons. The lowest BCUT2D eigenvalue weighted by molar-refractivity contribution is 0.186. The molecule has 0 N–H and O–H groups in total. The molecule has 4 rings (SSSR count). The smallest absolute Gasteiger partial charge is 0.0730 e. The SMILES string of the molecule is CCN(CC)C1CCN(c2cc(-c3ccc(Cl)cc3)nc3ccccc23)CC1. The molecule has 146 valence electrons. The largest absolute Gasteiger partial charge is 0.371 e. The maximum atomic E-state index is 6.08. The molecule has 0 aliphatic carbocycles. The molecule has 0 saturated carbocycles. The molecular formula is C24H28ClN3. The van der Waals surface area contributed by atoms with Gasteiger partial charge in [0.05, 0.1) is 11.2 Å². The van der Waals surface area contributed by atoms with Gasteiger partial charge in [-0.25, -0.2) is 4.98 Å². The molecule has 0 unspecified atom stereocenters. The van der Waals surface area contributed by atoms with Gasteiger partial charge in [0.2, 0.25) is 0 Å². The quantitative estimate of drug-likeness (QED) is 0.540. The summed E-state index contributed by atoms with van der Waals surface area (Å²) in [5.41, 5.74) is 4.47. The van der Waals surface area contributed by atoms with E-state index < -0.39 is 0 Å². The lowest BCUT2D eigenvalue weighted by Crippen LogP contribution is -2.44. The minimum absolute atomic E-state index is 0.704. The van der Waals surface area contributed by atoms with Crippen LogP contribution in [0.5, 0.6) is 0 Å². The number of piperidine rings is 1. The monoisotopic (exact) mass is 393 g/mol. The van der Waals surface area contributed by atoms with Gasteiger partial charge in [0.15, 0.2) is 0 Å². The van der Waals surface area contributed by atoms with Crippen LogP contribution in [0.15, 0.2) is 54.6 Å². The van der Waals surface area contributed by atoms with E-state index in [9.17, 15) is 0 Å². The van der Waals surface area contributed by atoms with E-state index in [1.165, 1.54) is 23.9 Å². The van der Waals surface area contributed by atoms with Crippen molar-refractivity contribution in [1.82, 2.24) is 9.88 Å². The summed E-state index contributed by atoms with van der Waals surface area (Å²) in [5.74, 6) is 0. The number of rotatable bonds is 5. The fourth-order valence-electron chi connectivity index (χ4n) is 4.40. The maximum Gasteiger partial charge on any atom is 0.0730 e. The number of hydrogen-bond acceptors (Lipinski definition) is 3. The van der Waals surface area contributed by atoms with Crippen LogP contribution in [0.2, 0.25) is 5.02 Å². The zero-order valence-electron chi connectivity index (χ0n) is 16.7. The van der Waals surface area contributed by atoms with Gasteiger partial charge < -0.3 is 9.80 Å². The van der Waals surface area contributed by atoms with Crippen LogP contribution in [0.25, 0.3) is 22.2 Å². The van der Waals surface area contributed by atoms with Gasteiger partial charge in [0.25, 0.3) is 0 Å². The first-order chi connectivity index (χ1) is 13.7. The predicted molar refractivity (Wildman–Crippen MR) is 120 cm³/mol. The normalized spacial score (nSPS) is 15.5. The maximum absolute atomic E-state index is 6.08. The Hall–Kier alpha value is -2.10. The van der Waals surface area contributed by atoms with Crippen molar-refractivity contribution in [3.8, 4) is 11.3 Å². The van der Waals surface area contributed by atoms with Crippen LogP contribution >= 0.6 is 11.6 Å². The zero-order chi connectivity index (χ0) is 19.5. The third-order valence-electron chi connectivity index (χ3n) is 5.97. The number of para-hydroxylation sites is 1. The number of pyridine rings is 1. The van der Waals surface area contributed by atoms with Crippen LogP contribution in [0, 0.1) is 0 Å². The van der Waals surface area contributed by atoms with Crippen LogP contribution in [0.4, 0.5) is 5.69 Å². The van der Waals surface area contributed by atoms with Crippen molar-refractivity contribution in [2.45, 2.75) is 32.7 Å². The van der Waals surface area contributed by atoms with Crippen LogP contribution in [0.3, 0.4) is 0 Å². The van der Waals surface area contributed by atoms with Crippen LogP contribution < -0.4 is 4.90 Å². The van der Waals surface area contributed by atoms with Crippen molar-refractivity contribution >= 4 is 28.2 Å². The van der Waals surface area contributed by atoms with E-state index in [-0.39, 0.29) is 0 Å². The van der Waals surface area contributed by atoms with E-state index in [4.69, 9.17) is 16.6 Å². The Balaban J connectivity index is 1.67. The Labute approximate surface area is 172 Å². The summed E-state index contributed by atoms with van der Waals surface area (Å²) in [6.07, 6.45) is 2.43. The summed E-state index contributed by atoms with van der Waals surface area (Å²) in [4.78, 5) is 10.1. The van der Waals surface area contributed by atoms with Crippen LogP contribution in [0.1, 0.15) is 26.7 Å². The molecule has 1 saturated heterocycles. The van der Waals surface area contributed by atoms with Gasteiger partial charge in [0.1, 0.15) is 0 Å². The zero-order valence-corrected chi connectivity index (χ0v) is 17.5. The van der Waals surface area contributed by atoms with Gasteiger partial charge in [-0.3, -0.25) is 0 Å². The molecule has 0 atom stereocenters. The molecule has 1 fully saturated rings. The molecule has 2 heterocycles. The lowest BCUT2D eigenvalue weighted by atomic mass is 10.0. The number of aromatic nitrogens is 1. The van der Waals surface area contributed by atoms with E-state index in [0.717, 1.165) is 48.0 Å². The topological polar surface area (TPSA) is 19.4 Å². The highest BCUT2D eigenvalue weighted by Gasteiger charge is 2.24. The highest BCUT2D eigenvalue weighted by atomic mass is 35.5. The van der Waals surface area contributed by atoms with Crippen molar-refractivity contribution in [3.05, 3.63) is 59.6 Å². The van der Waals surface area contributed by atoms with E-state index >= 15 is 0 Å². The lowest BCUT2D eigenvalue weighted by Gasteiger charge is -2.39. The highest BCUT2D eigenvalue weighted by molar-refractivity contribution is 6.30. The summed E-state index contributed by atoms with van der Waals surface area (Å²) in [6.45, 7) is 9.00. The first-order valence-electron chi connectivity index (χ1n) is 10.3. The van der Waals surface area contributed by atoms with Gasteiger partial charge in [-0.15, -0.1) is 0 Å². The molecule has 4 heteroatoms. The van der Waals surface area contributed by atoms with Crippen molar-refractivity contribution in [2.24, 2.45) is 0 Å². The second-order valence-electron chi connectivity index (χ2n) is 7.49. The third-order valence-corrected chi connectivity index (χ3v) is 6.22. The summed E-state index contributed by atoms with van der Waals surface area (Å²) in [5, 5.41) is 1.99. The Kier molecular flexibility index (Phi) is 5.84. The second-order valence-corrected chi connectivity index (χ2v) is 7.93. The van der Waals surface area contributed by atoms with Gasteiger partial charge in [-0.05, 0) is 50.2 Å². The first kappa shape index (κ1) is 19.2. The minimum atomic E-state index is 0.704. The summed E-state index contributed by atoms with van der Waals surface area (Å²) < 4.78 is 0. The Bertz CT molecular complexity index is 926. The number of fused-ring (bicyclic) bond motifs is 1. The average molecular weight is 394 g/mol. The molecule has 1 aromatic heterocycles. The molecule has 1 aliphatic rings. The van der Waals surface area contributed by atoms with Crippen molar-refractivity contribution < 1.29 is 0 Å². The fourth-order valence-corrected chi connectivity index (χ4v) is 4.53. The molecule has 3 nitrogen and oxygen atoms in total.